The Balaban J connectivity index is 2.04. The first-order valence-corrected chi connectivity index (χ1v) is 7.44. The first kappa shape index (κ1) is 16.2. The second-order valence-electron chi connectivity index (χ2n) is 6.15. The van der Waals surface area contributed by atoms with E-state index in [1.54, 1.807) is 0 Å². The SMILES string of the molecule is CC(C)NC1(CO)CCCC(Oc2ccc(F)c(F)c2)C1. The van der Waals surface area contributed by atoms with Gasteiger partial charge >= 0.3 is 0 Å². The molecule has 0 aliphatic heterocycles. The highest BCUT2D eigenvalue weighted by Crippen LogP contribution is 2.31. The first-order chi connectivity index (χ1) is 9.94. The quantitative estimate of drug-likeness (QED) is 0.878. The van der Waals surface area contributed by atoms with Crippen LogP contribution in [-0.2, 0) is 0 Å². The van der Waals surface area contributed by atoms with Gasteiger partial charge in [-0.05, 0) is 31.4 Å². The van der Waals surface area contributed by atoms with Gasteiger partial charge in [0, 0.05) is 24.1 Å². The molecule has 1 fully saturated rings. The van der Waals surface area contributed by atoms with Crippen LogP contribution < -0.4 is 10.1 Å². The second-order valence-corrected chi connectivity index (χ2v) is 6.15. The van der Waals surface area contributed by atoms with Crippen molar-refractivity contribution in [3.05, 3.63) is 29.8 Å². The number of aliphatic hydroxyl groups is 1. The van der Waals surface area contributed by atoms with Gasteiger partial charge in [0.25, 0.3) is 0 Å². The van der Waals surface area contributed by atoms with E-state index < -0.39 is 11.6 Å². The summed E-state index contributed by atoms with van der Waals surface area (Å²) in [5, 5.41) is 13.1. The van der Waals surface area contributed by atoms with Crippen LogP contribution >= 0.6 is 0 Å². The van der Waals surface area contributed by atoms with Crippen molar-refractivity contribution in [2.45, 2.75) is 57.2 Å². The van der Waals surface area contributed by atoms with Crippen molar-refractivity contribution in [3.8, 4) is 5.75 Å². The molecule has 1 aliphatic carbocycles. The van der Waals surface area contributed by atoms with Crippen molar-refractivity contribution in [2.24, 2.45) is 0 Å². The molecule has 0 aromatic heterocycles. The molecule has 0 bridgehead atoms. The summed E-state index contributed by atoms with van der Waals surface area (Å²) in [4.78, 5) is 0. The molecule has 2 rings (SSSR count). The predicted octanol–water partition coefficient (Wildman–Crippen LogP) is 3.02. The summed E-state index contributed by atoms with van der Waals surface area (Å²) >= 11 is 0. The molecule has 0 radical (unpaired) electrons. The molecule has 2 unspecified atom stereocenters. The molecule has 118 valence electrons. The Morgan fingerprint density at radius 2 is 2.14 bits per heavy atom. The van der Waals surface area contributed by atoms with Crippen LogP contribution in [0.15, 0.2) is 18.2 Å². The average Bonchev–Trinajstić information content (AvgIpc) is 2.42. The fourth-order valence-corrected chi connectivity index (χ4v) is 3.08. The van der Waals surface area contributed by atoms with Gasteiger partial charge in [-0.2, -0.15) is 0 Å². The van der Waals surface area contributed by atoms with Crippen molar-refractivity contribution in [1.29, 1.82) is 0 Å². The third kappa shape index (κ3) is 4.14. The standard InChI is InChI=1S/C16H23F2NO2/c1-11(2)19-16(10-20)7-3-4-13(9-16)21-12-5-6-14(17)15(18)8-12/h5-6,8,11,13,19-20H,3-4,7,9-10H2,1-2H3. The minimum Gasteiger partial charge on any atom is -0.490 e. The number of aliphatic hydroxyl groups excluding tert-OH is 1. The Hall–Kier alpha value is -1.20. The fourth-order valence-electron chi connectivity index (χ4n) is 3.08. The number of hydrogen-bond acceptors (Lipinski definition) is 3. The highest BCUT2D eigenvalue weighted by molar-refractivity contribution is 5.24. The number of hydrogen-bond donors (Lipinski definition) is 2. The van der Waals surface area contributed by atoms with E-state index in [1.165, 1.54) is 6.07 Å². The highest BCUT2D eigenvalue weighted by Gasteiger charge is 2.37. The number of halogens is 2. The third-order valence-corrected chi connectivity index (χ3v) is 3.89. The van der Waals surface area contributed by atoms with E-state index in [1.807, 2.05) is 13.8 Å². The fraction of sp³-hybridized carbons (Fsp3) is 0.625. The molecule has 1 aromatic carbocycles. The molecule has 5 heteroatoms. The Kier molecular flexibility index (Phi) is 5.17. The number of benzene rings is 1. The maximum atomic E-state index is 13.2. The smallest absolute Gasteiger partial charge is 0.162 e. The predicted molar refractivity (Wildman–Crippen MR) is 77.3 cm³/mol. The van der Waals surface area contributed by atoms with E-state index in [-0.39, 0.29) is 24.3 Å². The lowest BCUT2D eigenvalue weighted by molar-refractivity contribution is 0.0459. The van der Waals surface area contributed by atoms with E-state index in [4.69, 9.17) is 4.74 Å². The van der Waals surface area contributed by atoms with Gasteiger partial charge in [-0.25, -0.2) is 8.78 Å². The molecule has 0 saturated heterocycles. The van der Waals surface area contributed by atoms with Crippen LogP contribution in [0, 0.1) is 11.6 Å². The molecular formula is C16H23F2NO2. The van der Waals surface area contributed by atoms with Crippen molar-refractivity contribution < 1.29 is 18.6 Å². The van der Waals surface area contributed by atoms with Crippen LogP contribution in [0.3, 0.4) is 0 Å². The second kappa shape index (κ2) is 6.71. The first-order valence-electron chi connectivity index (χ1n) is 7.44. The van der Waals surface area contributed by atoms with E-state index in [2.05, 4.69) is 5.32 Å². The lowest BCUT2D eigenvalue weighted by Crippen LogP contribution is -2.55. The van der Waals surface area contributed by atoms with Gasteiger partial charge in [0.1, 0.15) is 11.9 Å². The summed E-state index contributed by atoms with van der Waals surface area (Å²) in [6.07, 6.45) is 3.21. The normalized spacial score (nSPS) is 26.1. The van der Waals surface area contributed by atoms with Gasteiger partial charge in [-0.3, -0.25) is 0 Å². The van der Waals surface area contributed by atoms with E-state index in [0.29, 0.717) is 12.2 Å². The van der Waals surface area contributed by atoms with Crippen molar-refractivity contribution in [1.82, 2.24) is 5.32 Å². The molecule has 3 nitrogen and oxygen atoms in total. The van der Waals surface area contributed by atoms with E-state index >= 15 is 0 Å². The van der Waals surface area contributed by atoms with Crippen molar-refractivity contribution >= 4 is 0 Å². The summed E-state index contributed by atoms with van der Waals surface area (Å²) < 4.78 is 31.9. The summed E-state index contributed by atoms with van der Waals surface area (Å²) in [6.45, 7) is 4.12. The van der Waals surface area contributed by atoms with Crippen LogP contribution in [0.4, 0.5) is 8.78 Å². The summed E-state index contributed by atoms with van der Waals surface area (Å²) in [7, 11) is 0. The van der Waals surface area contributed by atoms with Crippen LogP contribution in [0.25, 0.3) is 0 Å². The number of nitrogens with one attached hydrogen (secondary N) is 1. The molecule has 2 atom stereocenters. The van der Waals surface area contributed by atoms with Crippen LogP contribution in [0.2, 0.25) is 0 Å². The molecular weight excluding hydrogens is 276 g/mol. The van der Waals surface area contributed by atoms with Gasteiger partial charge in [0.15, 0.2) is 11.6 Å². The Morgan fingerprint density at radius 3 is 2.76 bits per heavy atom. The minimum absolute atomic E-state index is 0.0445. The zero-order valence-electron chi connectivity index (χ0n) is 12.5. The minimum atomic E-state index is -0.906. The Bertz CT molecular complexity index is 481. The van der Waals surface area contributed by atoms with Gasteiger partial charge in [0.2, 0.25) is 0 Å². The maximum absolute atomic E-state index is 13.2. The Morgan fingerprint density at radius 1 is 1.38 bits per heavy atom. The van der Waals surface area contributed by atoms with Crippen LogP contribution in [0.5, 0.6) is 5.75 Å². The lowest BCUT2D eigenvalue weighted by atomic mass is 9.80. The lowest BCUT2D eigenvalue weighted by Gasteiger charge is -2.41. The molecule has 0 spiro atoms. The zero-order valence-corrected chi connectivity index (χ0v) is 12.5. The summed E-state index contributed by atoms with van der Waals surface area (Å²) in [5.41, 5.74) is -0.352. The highest BCUT2D eigenvalue weighted by atomic mass is 19.2. The molecule has 0 amide bonds. The van der Waals surface area contributed by atoms with Gasteiger partial charge < -0.3 is 15.2 Å². The van der Waals surface area contributed by atoms with Gasteiger partial charge in [0.05, 0.1) is 6.61 Å². The van der Waals surface area contributed by atoms with E-state index in [0.717, 1.165) is 31.4 Å². The summed E-state index contributed by atoms with van der Waals surface area (Å²) in [6, 6.07) is 3.84. The van der Waals surface area contributed by atoms with Gasteiger partial charge in [-0.15, -0.1) is 0 Å². The molecule has 1 aromatic rings. The molecule has 1 saturated carbocycles. The van der Waals surface area contributed by atoms with Gasteiger partial charge in [-0.1, -0.05) is 13.8 Å². The van der Waals surface area contributed by atoms with Crippen LogP contribution in [-0.4, -0.2) is 29.4 Å². The monoisotopic (exact) mass is 299 g/mol. The molecule has 1 aliphatic rings. The largest absolute Gasteiger partial charge is 0.490 e. The van der Waals surface area contributed by atoms with Crippen molar-refractivity contribution in [3.63, 3.8) is 0 Å². The number of ether oxygens (including phenoxy) is 1. The number of rotatable bonds is 5. The van der Waals surface area contributed by atoms with Crippen LogP contribution in [0.1, 0.15) is 39.5 Å². The maximum Gasteiger partial charge on any atom is 0.162 e. The topological polar surface area (TPSA) is 41.5 Å². The Labute approximate surface area is 124 Å². The molecule has 0 heterocycles. The average molecular weight is 299 g/mol. The van der Waals surface area contributed by atoms with E-state index in [9.17, 15) is 13.9 Å². The zero-order chi connectivity index (χ0) is 15.5. The molecule has 21 heavy (non-hydrogen) atoms. The van der Waals surface area contributed by atoms with Crippen molar-refractivity contribution in [2.75, 3.05) is 6.61 Å². The summed E-state index contributed by atoms with van der Waals surface area (Å²) in [5.74, 6) is -1.45. The molecule has 2 N–H and O–H groups in total. The third-order valence-electron chi connectivity index (χ3n) is 3.89.